The van der Waals surface area contributed by atoms with Gasteiger partial charge in [-0.1, -0.05) is 49.6 Å². The maximum absolute atomic E-state index is 4.35. The van der Waals surface area contributed by atoms with E-state index in [9.17, 15) is 0 Å². The zero-order valence-corrected chi connectivity index (χ0v) is 12.2. The summed E-state index contributed by atoms with van der Waals surface area (Å²) in [5, 5.41) is 4.35. The van der Waals surface area contributed by atoms with E-state index >= 15 is 0 Å². The van der Waals surface area contributed by atoms with Gasteiger partial charge in [-0.05, 0) is 18.4 Å². The van der Waals surface area contributed by atoms with Crippen LogP contribution in [0, 0.1) is 0 Å². The average molecular weight is 269 g/mol. The molecule has 0 aliphatic heterocycles. The third kappa shape index (κ3) is 3.03. The molecule has 0 unspecified atom stereocenters. The van der Waals surface area contributed by atoms with E-state index in [2.05, 4.69) is 46.5 Å². The van der Waals surface area contributed by atoms with Gasteiger partial charge in [0.15, 0.2) is 0 Å². The Labute approximate surface area is 121 Å². The largest absolute Gasteiger partial charge is 0.362 e. The number of hydrogen-bond acceptors (Lipinski definition) is 2. The molecule has 1 heterocycles. The standard InChI is InChI=1S/C17H23N3/c1-19-14-17(12-18-19)20(16-10-6-3-7-11-16)13-15-8-4-2-5-9-15/h2,4-5,8-9,12,14,16H,3,6-7,10-11,13H2,1H3. The smallest absolute Gasteiger partial charge is 0.0757 e. The lowest BCUT2D eigenvalue weighted by Crippen LogP contribution is -2.36. The van der Waals surface area contributed by atoms with Crippen LogP contribution in [0.3, 0.4) is 0 Å². The van der Waals surface area contributed by atoms with Crippen LogP contribution in [-0.4, -0.2) is 15.8 Å². The molecule has 20 heavy (non-hydrogen) atoms. The summed E-state index contributed by atoms with van der Waals surface area (Å²) < 4.78 is 1.90. The highest BCUT2D eigenvalue weighted by molar-refractivity contribution is 5.44. The summed E-state index contributed by atoms with van der Waals surface area (Å²) in [4.78, 5) is 2.54. The minimum Gasteiger partial charge on any atom is -0.362 e. The highest BCUT2D eigenvalue weighted by Gasteiger charge is 2.22. The molecule has 0 atom stereocenters. The molecule has 0 radical (unpaired) electrons. The Bertz CT molecular complexity index is 526. The lowest BCUT2D eigenvalue weighted by atomic mass is 9.93. The van der Waals surface area contributed by atoms with Crippen LogP contribution in [0.2, 0.25) is 0 Å². The van der Waals surface area contributed by atoms with Crippen molar-refractivity contribution in [2.45, 2.75) is 44.7 Å². The Balaban J connectivity index is 1.82. The second kappa shape index (κ2) is 6.12. The number of aryl methyl sites for hydroxylation is 1. The summed E-state index contributed by atoms with van der Waals surface area (Å²) >= 11 is 0. The molecule has 0 spiro atoms. The number of hydrogen-bond donors (Lipinski definition) is 0. The van der Waals surface area contributed by atoms with Gasteiger partial charge in [-0.25, -0.2) is 0 Å². The topological polar surface area (TPSA) is 21.1 Å². The molecule has 0 amide bonds. The van der Waals surface area contributed by atoms with Crippen LogP contribution in [0.25, 0.3) is 0 Å². The van der Waals surface area contributed by atoms with E-state index in [-0.39, 0.29) is 0 Å². The molecule has 0 N–H and O–H groups in total. The van der Waals surface area contributed by atoms with Gasteiger partial charge in [0.25, 0.3) is 0 Å². The van der Waals surface area contributed by atoms with Crippen molar-refractivity contribution in [3.63, 3.8) is 0 Å². The van der Waals surface area contributed by atoms with Gasteiger partial charge in [-0.3, -0.25) is 4.68 Å². The van der Waals surface area contributed by atoms with Gasteiger partial charge in [-0.2, -0.15) is 5.10 Å². The maximum Gasteiger partial charge on any atom is 0.0757 e. The van der Waals surface area contributed by atoms with Crippen molar-refractivity contribution in [1.82, 2.24) is 9.78 Å². The zero-order valence-electron chi connectivity index (χ0n) is 12.2. The van der Waals surface area contributed by atoms with Gasteiger partial charge in [0.2, 0.25) is 0 Å². The van der Waals surface area contributed by atoms with Crippen LogP contribution in [0.15, 0.2) is 42.7 Å². The van der Waals surface area contributed by atoms with E-state index in [1.54, 1.807) is 0 Å². The van der Waals surface area contributed by atoms with Gasteiger partial charge < -0.3 is 4.90 Å². The molecule has 3 rings (SSSR count). The normalized spacial score (nSPS) is 16.2. The van der Waals surface area contributed by atoms with Gasteiger partial charge in [0, 0.05) is 25.8 Å². The van der Waals surface area contributed by atoms with Gasteiger partial charge in [-0.15, -0.1) is 0 Å². The highest BCUT2D eigenvalue weighted by atomic mass is 15.3. The van der Waals surface area contributed by atoms with Crippen molar-refractivity contribution in [2.24, 2.45) is 7.05 Å². The first kappa shape index (κ1) is 13.2. The molecule has 1 aromatic carbocycles. The van der Waals surface area contributed by atoms with Gasteiger partial charge in [0.1, 0.15) is 0 Å². The highest BCUT2D eigenvalue weighted by Crippen LogP contribution is 2.28. The van der Waals surface area contributed by atoms with Crippen LogP contribution < -0.4 is 4.90 Å². The molecule has 106 valence electrons. The Kier molecular flexibility index (Phi) is 4.05. The summed E-state index contributed by atoms with van der Waals surface area (Å²) in [5.41, 5.74) is 2.63. The Morgan fingerprint density at radius 2 is 1.90 bits per heavy atom. The van der Waals surface area contributed by atoms with E-state index in [0.717, 1.165) is 6.54 Å². The van der Waals surface area contributed by atoms with Crippen LogP contribution in [0.4, 0.5) is 5.69 Å². The molecule has 1 aliphatic rings. The Morgan fingerprint density at radius 1 is 1.15 bits per heavy atom. The van der Waals surface area contributed by atoms with E-state index in [1.165, 1.54) is 43.4 Å². The van der Waals surface area contributed by atoms with Crippen molar-refractivity contribution >= 4 is 5.69 Å². The Morgan fingerprint density at radius 3 is 2.55 bits per heavy atom. The number of rotatable bonds is 4. The van der Waals surface area contributed by atoms with Crippen molar-refractivity contribution < 1.29 is 0 Å². The fourth-order valence-corrected chi connectivity index (χ4v) is 3.16. The fraction of sp³-hybridized carbons (Fsp3) is 0.471. The summed E-state index contributed by atoms with van der Waals surface area (Å²) in [7, 11) is 1.99. The first-order chi connectivity index (χ1) is 9.83. The quantitative estimate of drug-likeness (QED) is 0.842. The van der Waals surface area contributed by atoms with Crippen LogP contribution >= 0.6 is 0 Å². The Hall–Kier alpha value is -1.77. The third-order valence-electron chi connectivity index (χ3n) is 4.23. The van der Waals surface area contributed by atoms with Crippen molar-refractivity contribution in [3.8, 4) is 0 Å². The molecule has 3 nitrogen and oxygen atoms in total. The third-order valence-corrected chi connectivity index (χ3v) is 4.23. The molecular weight excluding hydrogens is 246 g/mol. The summed E-state index contributed by atoms with van der Waals surface area (Å²) in [6.45, 7) is 0.983. The minimum atomic E-state index is 0.660. The maximum atomic E-state index is 4.35. The van der Waals surface area contributed by atoms with Gasteiger partial charge >= 0.3 is 0 Å². The SMILES string of the molecule is Cn1cc(N(Cc2ccccc2)C2CCCCC2)cn1. The van der Waals surface area contributed by atoms with Crippen LogP contribution in [-0.2, 0) is 13.6 Å². The summed E-state index contributed by atoms with van der Waals surface area (Å²) in [5.74, 6) is 0. The summed E-state index contributed by atoms with van der Waals surface area (Å²) in [6.07, 6.45) is 10.9. The van der Waals surface area contributed by atoms with E-state index in [4.69, 9.17) is 0 Å². The van der Waals surface area contributed by atoms with Crippen molar-refractivity contribution in [1.29, 1.82) is 0 Å². The van der Waals surface area contributed by atoms with Gasteiger partial charge in [0.05, 0.1) is 11.9 Å². The van der Waals surface area contributed by atoms with Crippen LogP contribution in [0.5, 0.6) is 0 Å². The van der Waals surface area contributed by atoms with Crippen molar-refractivity contribution in [3.05, 3.63) is 48.3 Å². The first-order valence-corrected chi connectivity index (χ1v) is 7.62. The molecular formula is C17H23N3. The fourth-order valence-electron chi connectivity index (χ4n) is 3.16. The van der Waals surface area contributed by atoms with E-state index in [1.807, 2.05) is 17.9 Å². The minimum absolute atomic E-state index is 0.660. The first-order valence-electron chi connectivity index (χ1n) is 7.62. The molecule has 1 aliphatic carbocycles. The molecule has 0 saturated heterocycles. The molecule has 2 aromatic rings. The monoisotopic (exact) mass is 269 g/mol. The number of anilines is 1. The molecule has 1 saturated carbocycles. The number of benzene rings is 1. The van der Waals surface area contributed by atoms with Crippen molar-refractivity contribution in [2.75, 3.05) is 4.90 Å². The predicted molar refractivity (Wildman–Crippen MR) is 82.7 cm³/mol. The second-order valence-electron chi connectivity index (χ2n) is 5.78. The molecule has 1 fully saturated rings. The lowest BCUT2D eigenvalue weighted by molar-refractivity contribution is 0.413. The summed E-state index contributed by atoms with van der Waals surface area (Å²) in [6, 6.07) is 11.4. The van der Waals surface area contributed by atoms with Crippen LogP contribution in [0.1, 0.15) is 37.7 Å². The zero-order chi connectivity index (χ0) is 13.8. The number of aromatic nitrogens is 2. The van der Waals surface area contributed by atoms with E-state index in [0.29, 0.717) is 6.04 Å². The molecule has 0 bridgehead atoms. The molecule has 1 aromatic heterocycles. The second-order valence-corrected chi connectivity index (χ2v) is 5.78. The lowest BCUT2D eigenvalue weighted by Gasteiger charge is -2.35. The van der Waals surface area contributed by atoms with E-state index < -0.39 is 0 Å². The average Bonchev–Trinajstić information content (AvgIpc) is 2.93. The molecule has 3 heteroatoms. The number of nitrogens with zero attached hydrogens (tertiary/aromatic N) is 3. The predicted octanol–water partition coefficient (Wildman–Crippen LogP) is 3.76.